The minimum absolute atomic E-state index is 0.677. The average Bonchev–Trinajstić information content (AvgIpc) is 2.55. The zero-order valence-electron chi connectivity index (χ0n) is 12.1. The van der Waals surface area contributed by atoms with Crippen LogP contribution in [0.5, 0.6) is 0 Å². The first-order chi connectivity index (χ1) is 10.4. The summed E-state index contributed by atoms with van der Waals surface area (Å²) in [6, 6.07) is 14.0. The van der Waals surface area contributed by atoms with Crippen LogP contribution in [0.25, 0.3) is 22.4 Å². The number of para-hydroxylation sites is 1. The lowest BCUT2D eigenvalue weighted by atomic mass is 10.2. The van der Waals surface area contributed by atoms with Crippen molar-refractivity contribution in [1.29, 1.82) is 0 Å². The fourth-order valence-corrected chi connectivity index (χ4v) is 2.20. The number of hydrogen-bond acceptors (Lipinski definition) is 4. The van der Waals surface area contributed by atoms with E-state index in [-0.39, 0.29) is 0 Å². The zero-order valence-corrected chi connectivity index (χ0v) is 12.1. The summed E-state index contributed by atoms with van der Waals surface area (Å²) in [5.41, 5.74) is 2.77. The maximum absolute atomic E-state index is 4.64. The van der Waals surface area contributed by atoms with Gasteiger partial charge in [-0.2, -0.15) is 0 Å². The van der Waals surface area contributed by atoms with Crippen molar-refractivity contribution in [2.75, 3.05) is 6.54 Å². The fraction of sp³-hybridized carbons (Fsp3) is 0.235. The van der Waals surface area contributed by atoms with Gasteiger partial charge in [0.25, 0.3) is 0 Å². The highest BCUT2D eigenvalue weighted by Crippen LogP contribution is 2.17. The van der Waals surface area contributed by atoms with Gasteiger partial charge in [0, 0.05) is 18.1 Å². The molecule has 4 heteroatoms. The number of hydrogen-bond donors (Lipinski definition) is 1. The quantitative estimate of drug-likeness (QED) is 0.728. The minimum Gasteiger partial charge on any atom is -0.311 e. The van der Waals surface area contributed by atoms with Crippen LogP contribution in [0.4, 0.5) is 0 Å². The molecule has 3 aromatic rings. The first kappa shape index (κ1) is 13.6. The molecule has 0 unspecified atom stereocenters. The third-order valence-electron chi connectivity index (χ3n) is 3.27. The highest BCUT2D eigenvalue weighted by molar-refractivity contribution is 5.80. The number of pyridine rings is 1. The van der Waals surface area contributed by atoms with Crippen LogP contribution < -0.4 is 5.32 Å². The molecule has 106 valence electrons. The summed E-state index contributed by atoms with van der Waals surface area (Å²) in [6.45, 7) is 3.90. The van der Waals surface area contributed by atoms with Crippen molar-refractivity contribution in [2.24, 2.45) is 0 Å². The van der Waals surface area contributed by atoms with Crippen LogP contribution in [-0.2, 0) is 6.54 Å². The predicted octanol–water partition coefficient (Wildman–Crippen LogP) is 3.19. The van der Waals surface area contributed by atoms with E-state index in [1.807, 2.05) is 30.3 Å². The van der Waals surface area contributed by atoms with Gasteiger partial charge in [-0.15, -0.1) is 0 Å². The summed E-state index contributed by atoms with van der Waals surface area (Å²) in [7, 11) is 0. The highest BCUT2D eigenvalue weighted by atomic mass is 14.9. The molecular weight excluding hydrogens is 260 g/mol. The average molecular weight is 278 g/mol. The normalized spacial score (nSPS) is 10.9. The van der Waals surface area contributed by atoms with Crippen LogP contribution in [0.3, 0.4) is 0 Å². The molecule has 0 aliphatic heterocycles. The molecule has 0 aliphatic carbocycles. The molecule has 0 saturated heterocycles. The maximum Gasteiger partial charge on any atom is 0.178 e. The Morgan fingerprint density at radius 1 is 1.00 bits per heavy atom. The molecule has 1 aromatic carbocycles. The second kappa shape index (κ2) is 6.41. The van der Waals surface area contributed by atoms with E-state index in [9.17, 15) is 0 Å². The van der Waals surface area contributed by atoms with Gasteiger partial charge in [-0.1, -0.05) is 31.2 Å². The Bertz CT molecular complexity index is 739. The van der Waals surface area contributed by atoms with Crippen molar-refractivity contribution in [1.82, 2.24) is 20.3 Å². The third-order valence-corrected chi connectivity index (χ3v) is 3.27. The monoisotopic (exact) mass is 278 g/mol. The Morgan fingerprint density at radius 2 is 1.90 bits per heavy atom. The van der Waals surface area contributed by atoms with E-state index in [2.05, 4.69) is 39.3 Å². The molecule has 0 atom stereocenters. The first-order valence-electron chi connectivity index (χ1n) is 7.25. The number of benzene rings is 1. The summed E-state index contributed by atoms with van der Waals surface area (Å²) in [6.07, 6.45) is 2.91. The molecule has 2 aromatic heterocycles. The molecule has 3 rings (SSSR count). The molecular formula is C17H18N4. The van der Waals surface area contributed by atoms with Crippen molar-refractivity contribution in [2.45, 2.75) is 19.9 Å². The predicted molar refractivity (Wildman–Crippen MR) is 84.8 cm³/mol. The van der Waals surface area contributed by atoms with E-state index in [1.165, 1.54) is 0 Å². The van der Waals surface area contributed by atoms with Crippen molar-refractivity contribution >= 4 is 10.9 Å². The summed E-state index contributed by atoms with van der Waals surface area (Å²) in [5.74, 6) is 0.677. The van der Waals surface area contributed by atoms with Gasteiger partial charge in [0.05, 0.1) is 11.2 Å². The van der Waals surface area contributed by atoms with Crippen molar-refractivity contribution in [3.05, 3.63) is 54.4 Å². The number of aromatic nitrogens is 3. The number of nitrogens with zero attached hydrogens (tertiary/aromatic N) is 3. The molecule has 0 radical (unpaired) electrons. The molecule has 0 bridgehead atoms. The summed E-state index contributed by atoms with van der Waals surface area (Å²) in [5, 5.41) is 4.48. The Hall–Kier alpha value is -2.33. The Kier molecular flexibility index (Phi) is 4.17. The smallest absolute Gasteiger partial charge is 0.178 e. The number of rotatable bonds is 5. The van der Waals surface area contributed by atoms with Gasteiger partial charge < -0.3 is 5.32 Å². The van der Waals surface area contributed by atoms with Gasteiger partial charge >= 0.3 is 0 Å². The lowest BCUT2D eigenvalue weighted by Gasteiger charge is -2.05. The molecule has 2 heterocycles. The highest BCUT2D eigenvalue weighted by Gasteiger charge is 2.05. The van der Waals surface area contributed by atoms with E-state index < -0.39 is 0 Å². The molecule has 4 nitrogen and oxygen atoms in total. The van der Waals surface area contributed by atoms with E-state index >= 15 is 0 Å². The van der Waals surface area contributed by atoms with Gasteiger partial charge in [-0.25, -0.2) is 15.0 Å². The summed E-state index contributed by atoms with van der Waals surface area (Å²) in [4.78, 5) is 13.6. The van der Waals surface area contributed by atoms with Crippen molar-refractivity contribution < 1.29 is 0 Å². The lowest BCUT2D eigenvalue weighted by molar-refractivity contribution is 0.663. The van der Waals surface area contributed by atoms with Crippen molar-refractivity contribution in [3.63, 3.8) is 0 Å². The van der Waals surface area contributed by atoms with Crippen LogP contribution in [0.15, 0.2) is 48.7 Å². The number of fused-ring (bicyclic) bond motifs is 1. The second-order valence-corrected chi connectivity index (χ2v) is 4.94. The van der Waals surface area contributed by atoms with Gasteiger partial charge in [-0.05, 0) is 31.2 Å². The SMILES string of the molecule is CCCNCc1ccnc(-c2ccc3ccccc3n2)n1. The minimum atomic E-state index is 0.677. The maximum atomic E-state index is 4.64. The molecule has 21 heavy (non-hydrogen) atoms. The molecule has 0 fully saturated rings. The largest absolute Gasteiger partial charge is 0.311 e. The Morgan fingerprint density at radius 3 is 2.81 bits per heavy atom. The van der Waals surface area contributed by atoms with Gasteiger partial charge in [-0.3, -0.25) is 0 Å². The molecule has 0 aliphatic rings. The van der Waals surface area contributed by atoms with E-state index in [1.54, 1.807) is 6.20 Å². The Balaban J connectivity index is 1.89. The molecule has 0 spiro atoms. The van der Waals surface area contributed by atoms with E-state index in [0.29, 0.717) is 5.82 Å². The van der Waals surface area contributed by atoms with Crippen molar-refractivity contribution in [3.8, 4) is 11.5 Å². The van der Waals surface area contributed by atoms with Crippen LogP contribution in [0.2, 0.25) is 0 Å². The number of nitrogens with one attached hydrogen (secondary N) is 1. The first-order valence-corrected chi connectivity index (χ1v) is 7.25. The molecule has 1 N–H and O–H groups in total. The van der Waals surface area contributed by atoms with Crippen LogP contribution >= 0.6 is 0 Å². The standard InChI is InChI=1S/C17H18N4/c1-2-10-18-12-14-9-11-19-17(20-14)16-8-7-13-5-3-4-6-15(13)21-16/h3-9,11,18H,2,10,12H2,1H3. The van der Waals surface area contributed by atoms with Gasteiger partial charge in [0.2, 0.25) is 0 Å². The second-order valence-electron chi connectivity index (χ2n) is 4.94. The van der Waals surface area contributed by atoms with Gasteiger partial charge in [0.15, 0.2) is 5.82 Å². The summed E-state index contributed by atoms with van der Waals surface area (Å²) < 4.78 is 0. The zero-order chi connectivity index (χ0) is 14.5. The van der Waals surface area contributed by atoms with Crippen LogP contribution in [-0.4, -0.2) is 21.5 Å². The molecule has 0 saturated carbocycles. The molecule has 0 amide bonds. The third kappa shape index (κ3) is 3.23. The van der Waals surface area contributed by atoms with Crippen LogP contribution in [0, 0.1) is 0 Å². The van der Waals surface area contributed by atoms with E-state index in [4.69, 9.17) is 0 Å². The topological polar surface area (TPSA) is 50.7 Å². The van der Waals surface area contributed by atoms with Crippen LogP contribution in [0.1, 0.15) is 19.0 Å². The fourth-order valence-electron chi connectivity index (χ4n) is 2.20. The van der Waals surface area contributed by atoms with E-state index in [0.717, 1.165) is 41.8 Å². The Labute approximate surface area is 124 Å². The van der Waals surface area contributed by atoms with Gasteiger partial charge in [0.1, 0.15) is 5.69 Å². The lowest BCUT2D eigenvalue weighted by Crippen LogP contribution is -2.15. The summed E-state index contributed by atoms with van der Waals surface area (Å²) >= 11 is 0.